The molecule has 2 heterocycles. The van der Waals surface area contributed by atoms with E-state index in [9.17, 15) is 14.9 Å². The molecule has 0 saturated carbocycles. The zero-order chi connectivity index (χ0) is 29.8. The molecule has 1 atom stereocenters. The molecule has 0 fully saturated rings. The largest absolute Gasteiger partial charge is 0.493 e. The molecular weight excluding hydrogens is 665 g/mol. The van der Waals surface area contributed by atoms with Crippen LogP contribution in [0, 0.1) is 14.9 Å². The van der Waals surface area contributed by atoms with Gasteiger partial charge in [-0.15, -0.1) is 0 Å². The van der Waals surface area contributed by atoms with Crippen LogP contribution in [-0.4, -0.2) is 24.8 Å². The maximum Gasteiger partial charge on any atom is 0.338 e. The lowest BCUT2D eigenvalue weighted by Gasteiger charge is -2.25. The number of nitrogens with zero attached hydrogens (tertiary/aromatic N) is 3. The van der Waals surface area contributed by atoms with Gasteiger partial charge < -0.3 is 14.2 Å². The van der Waals surface area contributed by atoms with E-state index in [1.54, 1.807) is 29.9 Å². The van der Waals surface area contributed by atoms with Gasteiger partial charge in [-0.1, -0.05) is 66.8 Å². The predicted octanol–water partition coefficient (Wildman–Crippen LogP) is 4.86. The summed E-state index contributed by atoms with van der Waals surface area (Å²) in [5, 5.41) is 9.40. The summed E-state index contributed by atoms with van der Waals surface area (Å²) in [4.78, 5) is 32.1. The second-order valence-electron chi connectivity index (χ2n) is 9.29. The number of hydrogen-bond donors (Lipinski definition) is 0. The molecule has 0 spiro atoms. The Hall–Kier alpha value is -4.21. The smallest absolute Gasteiger partial charge is 0.338 e. The van der Waals surface area contributed by atoms with E-state index >= 15 is 0 Å². The maximum absolute atomic E-state index is 13.9. The molecule has 0 radical (unpaired) electrons. The van der Waals surface area contributed by atoms with Crippen LogP contribution in [0.5, 0.6) is 11.5 Å². The van der Waals surface area contributed by atoms with Gasteiger partial charge in [0.15, 0.2) is 16.3 Å². The van der Waals surface area contributed by atoms with Crippen molar-refractivity contribution in [1.82, 2.24) is 4.57 Å². The predicted molar refractivity (Wildman–Crippen MR) is 168 cm³/mol. The van der Waals surface area contributed by atoms with Crippen molar-refractivity contribution in [2.75, 3.05) is 14.2 Å². The summed E-state index contributed by atoms with van der Waals surface area (Å²) in [6.07, 6.45) is 2.30. The van der Waals surface area contributed by atoms with Crippen LogP contribution in [0.15, 0.2) is 87.8 Å². The van der Waals surface area contributed by atoms with Crippen molar-refractivity contribution in [3.63, 3.8) is 0 Å². The summed E-state index contributed by atoms with van der Waals surface area (Å²) < 4.78 is 19.7. The van der Waals surface area contributed by atoms with Crippen LogP contribution < -0.4 is 24.4 Å². The lowest BCUT2D eigenvalue weighted by molar-refractivity contribution is -0.136. The average Bonchev–Trinajstić information content (AvgIpc) is 3.33. The highest BCUT2D eigenvalue weighted by molar-refractivity contribution is 14.1. The Labute approximate surface area is 260 Å². The Morgan fingerprint density at radius 3 is 2.57 bits per heavy atom. The molecule has 5 rings (SSSR count). The number of aromatic nitrogens is 1. The van der Waals surface area contributed by atoms with E-state index in [0.717, 1.165) is 20.3 Å². The normalized spacial score (nSPS) is 14.5. The number of thiazole rings is 1. The van der Waals surface area contributed by atoms with Crippen LogP contribution in [0.4, 0.5) is 0 Å². The van der Waals surface area contributed by atoms with Gasteiger partial charge in [0.1, 0.15) is 6.61 Å². The molecular formula is C32H26IN3O5S. The van der Waals surface area contributed by atoms with Crippen molar-refractivity contribution < 1.29 is 19.0 Å². The molecule has 10 heteroatoms. The zero-order valence-corrected chi connectivity index (χ0v) is 26.1. The Morgan fingerprint density at radius 1 is 1.14 bits per heavy atom. The molecule has 0 amide bonds. The van der Waals surface area contributed by atoms with Gasteiger partial charge in [0.05, 0.1) is 51.3 Å². The highest BCUT2D eigenvalue weighted by atomic mass is 127. The number of fused-ring (bicyclic) bond motifs is 1. The van der Waals surface area contributed by atoms with E-state index in [4.69, 9.17) is 19.2 Å². The molecule has 212 valence electrons. The second-order valence-corrected chi connectivity index (χ2v) is 11.5. The highest BCUT2D eigenvalue weighted by Gasteiger charge is 2.33. The quantitative estimate of drug-likeness (QED) is 0.193. The zero-order valence-electron chi connectivity index (χ0n) is 23.1. The number of methoxy groups -OCH3 is 2. The minimum Gasteiger partial charge on any atom is -0.493 e. The monoisotopic (exact) mass is 691 g/mol. The van der Waals surface area contributed by atoms with Crippen LogP contribution in [0.25, 0.3) is 6.08 Å². The van der Waals surface area contributed by atoms with E-state index in [0.29, 0.717) is 44.1 Å². The number of rotatable bonds is 8. The van der Waals surface area contributed by atoms with Crippen molar-refractivity contribution in [3.8, 4) is 17.6 Å². The second kappa shape index (κ2) is 12.8. The summed E-state index contributed by atoms with van der Waals surface area (Å²) in [6, 6.07) is 21.9. The van der Waals surface area contributed by atoms with Gasteiger partial charge in [-0.3, -0.25) is 9.36 Å². The Bertz CT molecular complexity index is 1920. The lowest BCUT2D eigenvalue weighted by atomic mass is 9.95. The van der Waals surface area contributed by atoms with E-state index in [2.05, 4.69) is 28.7 Å². The van der Waals surface area contributed by atoms with Crippen LogP contribution >= 0.6 is 33.9 Å². The molecule has 1 aliphatic heterocycles. The van der Waals surface area contributed by atoms with Crippen molar-refractivity contribution in [2.24, 2.45) is 4.99 Å². The van der Waals surface area contributed by atoms with Crippen LogP contribution in [0.2, 0.25) is 0 Å². The third-order valence-corrected chi connectivity index (χ3v) is 8.61. The molecule has 0 N–H and O–H groups in total. The first kappa shape index (κ1) is 29.3. The fourth-order valence-corrected chi connectivity index (χ4v) is 6.64. The molecule has 0 bridgehead atoms. The first-order valence-corrected chi connectivity index (χ1v) is 15.0. The SMILES string of the molecule is CCC1=C(C(=O)OC)[C@@H](c2ccccc2)n2c(s/c(=C\c3cc(I)c(OCc4ccccc4C#N)c(OC)c3)c2=O)=N1. The number of hydrogen-bond acceptors (Lipinski definition) is 8. The number of allylic oxidation sites excluding steroid dienone is 1. The van der Waals surface area contributed by atoms with Gasteiger partial charge in [-0.05, 0) is 64.4 Å². The molecule has 0 aliphatic carbocycles. The minimum absolute atomic E-state index is 0.204. The third kappa shape index (κ3) is 5.62. The fourth-order valence-electron chi connectivity index (χ4n) is 4.83. The first-order chi connectivity index (χ1) is 20.4. The van der Waals surface area contributed by atoms with Gasteiger partial charge in [-0.2, -0.15) is 5.26 Å². The molecule has 0 unspecified atom stereocenters. The van der Waals surface area contributed by atoms with Crippen LogP contribution in [-0.2, 0) is 16.1 Å². The first-order valence-electron chi connectivity index (χ1n) is 13.1. The number of halogens is 1. The molecule has 1 aliphatic rings. The van der Waals surface area contributed by atoms with Crippen molar-refractivity contribution in [1.29, 1.82) is 5.26 Å². The number of carbonyl (C=O) groups excluding carboxylic acids is 1. The molecule has 42 heavy (non-hydrogen) atoms. The van der Waals surface area contributed by atoms with Crippen LogP contribution in [0.3, 0.4) is 0 Å². The van der Waals surface area contributed by atoms with E-state index in [1.807, 2.05) is 61.5 Å². The average molecular weight is 692 g/mol. The number of benzene rings is 3. The Balaban J connectivity index is 1.59. The number of ether oxygens (including phenoxy) is 3. The lowest BCUT2D eigenvalue weighted by Crippen LogP contribution is -2.40. The number of esters is 1. The van der Waals surface area contributed by atoms with Crippen molar-refractivity contribution >= 4 is 46.0 Å². The summed E-state index contributed by atoms with van der Waals surface area (Å²) in [5.74, 6) is 0.536. The van der Waals surface area contributed by atoms with Crippen molar-refractivity contribution in [3.05, 3.63) is 124 Å². The summed E-state index contributed by atoms with van der Waals surface area (Å²) in [7, 11) is 2.89. The number of nitriles is 1. The fraction of sp³-hybridized carbons (Fsp3) is 0.188. The molecule has 3 aromatic carbocycles. The highest BCUT2D eigenvalue weighted by Crippen LogP contribution is 2.35. The third-order valence-electron chi connectivity index (χ3n) is 6.82. The van der Waals surface area contributed by atoms with Gasteiger partial charge in [-0.25, -0.2) is 9.79 Å². The van der Waals surface area contributed by atoms with Gasteiger partial charge in [0, 0.05) is 5.56 Å². The topological polar surface area (TPSA) is 103 Å². The van der Waals surface area contributed by atoms with Crippen molar-refractivity contribution in [2.45, 2.75) is 26.0 Å². The molecule has 8 nitrogen and oxygen atoms in total. The van der Waals surface area contributed by atoms with E-state index in [-0.39, 0.29) is 12.2 Å². The van der Waals surface area contributed by atoms with E-state index < -0.39 is 12.0 Å². The maximum atomic E-state index is 13.9. The van der Waals surface area contributed by atoms with E-state index in [1.165, 1.54) is 18.4 Å². The molecule has 0 saturated heterocycles. The van der Waals surface area contributed by atoms with Gasteiger partial charge in [0.2, 0.25) is 0 Å². The molecule has 1 aromatic heterocycles. The van der Waals surface area contributed by atoms with Gasteiger partial charge >= 0.3 is 5.97 Å². The summed E-state index contributed by atoms with van der Waals surface area (Å²) >= 11 is 3.44. The minimum atomic E-state index is -0.659. The summed E-state index contributed by atoms with van der Waals surface area (Å²) in [5.41, 5.74) is 3.56. The van der Waals surface area contributed by atoms with Gasteiger partial charge in [0.25, 0.3) is 5.56 Å². The molecule has 4 aromatic rings. The standard InChI is InChI=1S/C32H26IN3O5S/c1-4-24-27(31(38)40-3)28(20-10-6-5-7-11-20)36-30(37)26(42-32(36)35-24)16-19-14-23(33)29(25(15-19)39-2)41-18-22-13-9-8-12-21(22)17-34/h5-16,28H,4,18H2,1-3H3/b26-16-/t28-/m1/s1. The Morgan fingerprint density at radius 2 is 1.88 bits per heavy atom. The Kier molecular flexibility index (Phi) is 8.89. The van der Waals surface area contributed by atoms with Crippen LogP contribution in [0.1, 0.15) is 41.6 Å². The summed E-state index contributed by atoms with van der Waals surface area (Å²) in [6.45, 7) is 2.13. The number of carbonyl (C=O) groups is 1.